The van der Waals surface area contributed by atoms with Gasteiger partial charge in [-0.1, -0.05) is 0 Å². The minimum absolute atomic E-state index is 0.00966. The summed E-state index contributed by atoms with van der Waals surface area (Å²) in [4.78, 5) is 29.4. The molecule has 0 aliphatic carbocycles. The fourth-order valence-corrected chi connectivity index (χ4v) is 4.06. The van der Waals surface area contributed by atoms with Crippen molar-refractivity contribution in [2.45, 2.75) is 38.4 Å². The van der Waals surface area contributed by atoms with Crippen molar-refractivity contribution >= 4 is 28.6 Å². The van der Waals surface area contributed by atoms with Gasteiger partial charge < -0.3 is 10.6 Å². The molecule has 2 N–H and O–H groups in total. The number of pyridine rings is 2. The third-order valence-corrected chi connectivity index (χ3v) is 5.93. The van der Waals surface area contributed by atoms with Crippen molar-refractivity contribution in [1.82, 2.24) is 29.7 Å². The lowest BCUT2D eigenvalue weighted by atomic mass is 9.87. The molecule has 4 aromatic rings. The molecule has 0 bridgehead atoms. The van der Waals surface area contributed by atoms with Gasteiger partial charge in [0.25, 0.3) is 0 Å². The van der Waals surface area contributed by atoms with E-state index >= 15 is 0 Å². The number of aromatic nitrogens is 6. The number of hydrogen-bond acceptors (Lipinski definition) is 7. The van der Waals surface area contributed by atoms with Gasteiger partial charge in [-0.3, -0.25) is 9.78 Å². The average molecular weight is 518 g/mol. The summed E-state index contributed by atoms with van der Waals surface area (Å²) in [6, 6.07) is 3.81. The van der Waals surface area contributed by atoms with Crippen molar-refractivity contribution in [3.05, 3.63) is 53.5 Å². The van der Waals surface area contributed by atoms with E-state index in [2.05, 4.69) is 35.7 Å². The van der Waals surface area contributed by atoms with E-state index in [0.717, 1.165) is 12.3 Å². The van der Waals surface area contributed by atoms with Gasteiger partial charge >= 0.3 is 6.18 Å². The van der Waals surface area contributed by atoms with Crippen molar-refractivity contribution in [2.75, 3.05) is 17.2 Å². The summed E-state index contributed by atoms with van der Waals surface area (Å²) in [5.74, 6) is -1.67. The number of amides is 1. The summed E-state index contributed by atoms with van der Waals surface area (Å²) in [5, 5.41) is 9.87. The Morgan fingerprint density at radius 1 is 1.16 bits per heavy atom. The number of halogens is 5. The molecule has 0 unspecified atom stereocenters. The Morgan fingerprint density at radius 2 is 1.95 bits per heavy atom. The average Bonchev–Trinajstić information content (AvgIpc) is 3.27. The predicted molar refractivity (Wildman–Crippen MR) is 123 cm³/mol. The maximum atomic E-state index is 14.2. The molecule has 5 heterocycles. The quantitative estimate of drug-likeness (QED) is 0.368. The highest BCUT2D eigenvalue weighted by atomic mass is 19.4. The molecule has 0 saturated carbocycles. The molecular formula is C23H19F5N8O. The van der Waals surface area contributed by atoms with Crippen LogP contribution in [-0.2, 0) is 16.8 Å². The number of rotatable bonds is 6. The molecule has 4 aromatic heterocycles. The van der Waals surface area contributed by atoms with Crippen LogP contribution >= 0.6 is 0 Å². The first kappa shape index (κ1) is 24.5. The van der Waals surface area contributed by atoms with Crippen LogP contribution in [0.4, 0.5) is 33.6 Å². The highest BCUT2D eigenvalue weighted by Crippen LogP contribution is 2.42. The van der Waals surface area contributed by atoms with E-state index in [4.69, 9.17) is 0 Å². The van der Waals surface area contributed by atoms with E-state index in [9.17, 15) is 26.7 Å². The van der Waals surface area contributed by atoms with Gasteiger partial charge in [0, 0.05) is 12.7 Å². The molecule has 192 valence electrons. The first-order valence-electron chi connectivity index (χ1n) is 11.1. The third-order valence-electron chi connectivity index (χ3n) is 5.93. The smallest absolute Gasteiger partial charge is 0.369 e. The molecule has 1 aliphatic rings. The number of alkyl halides is 3. The van der Waals surface area contributed by atoms with E-state index in [1.54, 1.807) is 13.8 Å². The van der Waals surface area contributed by atoms with Gasteiger partial charge in [-0.2, -0.15) is 18.3 Å². The van der Waals surface area contributed by atoms with Crippen molar-refractivity contribution in [1.29, 1.82) is 0 Å². The van der Waals surface area contributed by atoms with Gasteiger partial charge in [0.1, 0.15) is 29.0 Å². The standard InChI is InChI=1S/C23H19F5N8O/c1-22(2)15-17(30-7-5-23(26,27)28)32-19(33-18(15)34-21(22)37)16-12-8-11(24)9-31-20(12)36(35-16)10-14-13(25)4-3-6-29-14/h3-4,6,8-9H,5,7,10H2,1-2H3,(H2,30,32,33,34,37). The van der Waals surface area contributed by atoms with E-state index in [1.165, 1.54) is 23.0 Å². The van der Waals surface area contributed by atoms with Crippen molar-refractivity contribution in [3.8, 4) is 11.5 Å². The highest BCUT2D eigenvalue weighted by Gasteiger charge is 2.43. The number of anilines is 2. The van der Waals surface area contributed by atoms with Crippen LogP contribution in [0.15, 0.2) is 30.6 Å². The summed E-state index contributed by atoms with van der Waals surface area (Å²) in [6.07, 6.45) is -3.17. The van der Waals surface area contributed by atoms with Crippen LogP contribution in [0.25, 0.3) is 22.6 Å². The number of carbonyl (C=O) groups excluding carboxylic acids is 1. The zero-order valence-electron chi connectivity index (χ0n) is 19.5. The summed E-state index contributed by atoms with van der Waals surface area (Å²) < 4.78 is 68.1. The number of nitrogens with one attached hydrogen (secondary N) is 2. The van der Waals surface area contributed by atoms with Crippen LogP contribution in [-0.4, -0.2) is 48.3 Å². The van der Waals surface area contributed by atoms with Crippen LogP contribution in [0.3, 0.4) is 0 Å². The molecule has 1 aliphatic heterocycles. The molecule has 9 nitrogen and oxygen atoms in total. The molecule has 0 fully saturated rings. The number of nitrogens with zero attached hydrogens (tertiary/aromatic N) is 6. The van der Waals surface area contributed by atoms with Crippen LogP contribution in [0.5, 0.6) is 0 Å². The van der Waals surface area contributed by atoms with Crippen molar-refractivity contribution < 1.29 is 26.7 Å². The monoisotopic (exact) mass is 518 g/mol. The van der Waals surface area contributed by atoms with E-state index in [0.29, 0.717) is 5.56 Å². The Balaban J connectivity index is 1.64. The molecule has 14 heteroatoms. The van der Waals surface area contributed by atoms with Gasteiger partial charge in [-0.05, 0) is 32.0 Å². The van der Waals surface area contributed by atoms with Gasteiger partial charge in [-0.15, -0.1) is 0 Å². The second kappa shape index (κ2) is 8.71. The first-order valence-corrected chi connectivity index (χ1v) is 11.1. The fraction of sp³-hybridized carbons (Fsp3) is 0.304. The van der Waals surface area contributed by atoms with Gasteiger partial charge in [0.05, 0.1) is 41.2 Å². The second-order valence-electron chi connectivity index (χ2n) is 8.95. The minimum atomic E-state index is -4.41. The van der Waals surface area contributed by atoms with Crippen molar-refractivity contribution in [3.63, 3.8) is 0 Å². The Labute approximate surface area is 206 Å². The molecule has 0 radical (unpaired) electrons. The minimum Gasteiger partial charge on any atom is -0.369 e. The summed E-state index contributed by atoms with van der Waals surface area (Å²) in [6.45, 7) is 2.54. The normalized spacial score (nSPS) is 14.6. The van der Waals surface area contributed by atoms with Gasteiger partial charge in [0.2, 0.25) is 5.91 Å². The van der Waals surface area contributed by atoms with E-state index in [1.807, 2.05) is 0 Å². The zero-order chi connectivity index (χ0) is 26.5. The largest absolute Gasteiger partial charge is 0.390 e. The lowest BCUT2D eigenvalue weighted by Gasteiger charge is -2.19. The summed E-state index contributed by atoms with van der Waals surface area (Å²) >= 11 is 0. The van der Waals surface area contributed by atoms with Crippen LogP contribution in [0.1, 0.15) is 31.5 Å². The Hall–Kier alpha value is -4.23. The number of hydrogen-bond donors (Lipinski definition) is 2. The molecule has 0 atom stereocenters. The molecule has 1 amide bonds. The lowest BCUT2D eigenvalue weighted by Crippen LogP contribution is -2.28. The molecule has 5 rings (SSSR count). The zero-order valence-corrected chi connectivity index (χ0v) is 19.5. The Kier molecular flexibility index (Phi) is 5.76. The second-order valence-corrected chi connectivity index (χ2v) is 8.95. The predicted octanol–water partition coefficient (Wildman–Crippen LogP) is 4.20. The summed E-state index contributed by atoms with van der Waals surface area (Å²) in [5.41, 5.74) is -0.546. The van der Waals surface area contributed by atoms with Gasteiger partial charge in [0.15, 0.2) is 11.5 Å². The molecular weight excluding hydrogens is 499 g/mol. The van der Waals surface area contributed by atoms with Crippen LogP contribution < -0.4 is 10.6 Å². The first-order chi connectivity index (χ1) is 17.4. The van der Waals surface area contributed by atoms with Gasteiger partial charge in [-0.25, -0.2) is 28.4 Å². The molecule has 0 aromatic carbocycles. The number of fused-ring (bicyclic) bond motifs is 2. The lowest BCUT2D eigenvalue weighted by molar-refractivity contribution is -0.131. The Bertz CT molecular complexity index is 1530. The molecule has 0 spiro atoms. The SMILES string of the molecule is CC1(C)C(=O)Nc2nc(-c3nn(Cc4ncccc4F)c4ncc(F)cc34)nc(NCCC(F)(F)F)c21. The maximum Gasteiger partial charge on any atom is 0.390 e. The fourth-order valence-electron chi connectivity index (χ4n) is 4.06. The Morgan fingerprint density at radius 3 is 2.68 bits per heavy atom. The number of carbonyl (C=O) groups is 1. The maximum absolute atomic E-state index is 14.2. The summed E-state index contributed by atoms with van der Waals surface area (Å²) in [7, 11) is 0. The third kappa shape index (κ3) is 4.54. The van der Waals surface area contributed by atoms with E-state index < -0.39 is 42.1 Å². The van der Waals surface area contributed by atoms with E-state index in [-0.39, 0.29) is 46.4 Å². The highest BCUT2D eigenvalue weighted by molar-refractivity contribution is 6.06. The van der Waals surface area contributed by atoms with Crippen molar-refractivity contribution in [2.24, 2.45) is 0 Å². The topological polar surface area (TPSA) is 111 Å². The molecule has 37 heavy (non-hydrogen) atoms. The molecule has 0 saturated heterocycles. The van der Waals surface area contributed by atoms with Crippen LogP contribution in [0.2, 0.25) is 0 Å². The van der Waals surface area contributed by atoms with Crippen LogP contribution in [0, 0.1) is 11.6 Å².